The van der Waals surface area contributed by atoms with Gasteiger partial charge < -0.3 is 5.32 Å². The van der Waals surface area contributed by atoms with E-state index in [2.05, 4.69) is 21.2 Å². The van der Waals surface area contributed by atoms with E-state index >= 15 is 0 Å². The lowest BCUT2D eigenvalue weighted by molar-refractivity contribution is -0.123. The zero-order valence-corrected chi connectivity index (χ0v) is 17.6. The van der Waals surface area contributed by atoms with Crippen molar-refractivity contribution in [1.29, 1.82) is 0 Å². The fourth-order valence-electron chi connectivity index (χ4n) is 2.62. The first-order chi connectivity index (χ1) is 11.6. The van der Waals surface area contributed by atoms with Gasteiger partial charge in [-0.15, -0.1) is 11.3 Å². The number of aryl methyl sites for hydroxylation is 2. The molecule has 8 heteroatoms. The van der Waals surface area contributed by atoms with Crippen molar-refractivity contribution in [3.8, 4) is 0 Å². The first kappa shape index (κ1) is 19.9. The number of rotatable bonds is 5. The van der Waals surface area contributed by atoms with E-state index in [9.17, 15) is 14.4 Å². The topological polar surface area (TPSA) is 73.1 Å². The monoisotopic (exact) mass is 429 g/mol. The second-order valence-corrected chi connectivity index (χ2v) is 9.48. The Morgan fingerprint density at radius 2 is 1.88 bits per heavy atom. The quantitative estimate of drug-likeness (QED) is 0.793. The third-order valence-electron chi connectivity index (χ3n) is 3.79. The highest BCUT2D eigenvalue weighted by atomic mass is 79.9. The van der Waals surface area contributed by atoms with Crippen LogP contribution in [0.2, 0.25) is 0 Å². The van der Waals surface area contributed by atoms with E-state index in [4.69, 9.17) is 0 Å². The number of nitrogens with zero attached hydrogens (tertiary/aromatic N) is 2. The second-order valence-electron chi connectivity index (χ2n) is 7.16. The first-order valence-electron chi connectivity index (χ1n) is 8.30. The number of amides is 1. The highest BCUT2D eigenvalue weighted by Crippen LogP contribution is 2.32. The fraction of sp³-hybridized carbons (Fsp3) is 0.588. The van der Waals surface area contributed by atoms with Crippen LogP contribution in [0, 0.1) is 6.92 Å². The summed E-state index contributed by atoms with van der Waals surface area (Å²) in [6.45, 7) is 9.72. The van der Waals surface area contributed by atoms with Gasteiger partial charge in [0.15, 0.2) is 0 Å². The maximum atomic E-state index is 12.9. The van der Waals surface area contributed by atoms with Gasteiger partial charge in [-0.25, -0.2) is 4.79 Å². The minimum atomic E-state index is -0.427. The number of thiophene rings is 1. The van der Waals surface area contributed by atoms with E-state index in [1.165, 1.54) is 11.3 Å². The molecule has 6 nitrogen and oxygen atoms in total. The smallest absolute Gasteiger partial charge is 0.332 e. The second kappa shape index (κ2) is 7.45. The van der Waals surface area contributed by atoms with Crippen molar-refractivity contribution >= 4 is 43.4 Å². The minimum Gasteiger partial charge on any atom is -0.350 e. The molecule has 0 radical (unpaired) electrons. The zero-order valence-electron chi connectivity index (χ0n) is 15.2. The lowest BCUT2D eigenvalue weighted by Gasteiger charge is -2.21. The van der Waals surface area contributed by atoms with E-state index in [0.717, 1.165) is 26.8 Å². The molecule has 0 aromatic carbocycles. The van der Waals surface area contributed by atoms with E-state index in [0.29, 0.717) is 16.8 Å². The predicted octanol–water partition coefficient (Wildman–Crippen LogP) is 3.01. The molecule has 0 fully saturated rings. The molecule has 0 atom stereocenters. The Kier molecular flexibility index (Phi) is 5.93. The molecule has 0 aliphatic carbocycles. The van der Waals surface area contributed by atoms with Gasteiger partial charge in [-0.05, 0) is 55.6 Å². The zero-order chi connectivity index (χ0) is 18.9. The van der Waals surface area contributed by atoms with Crippen molar-refractivity contribution in [2.75, 3.05) is 0 Å². The van der Waals surface area contributed by atoms with Gasteiger partial charge in [-0.1, -0.05) is 13.3 Å². The molecule has 0 saturated carbocycles. The summed E-state index contributed by atoms with van der Waals surface area (Å²) in [5, 5.41) is 3.31. The van der Waals surface area contributed by atoms with Gasteiger partial charge in [0, 0.05) is 12.1 Å². The van der Waals surface area contributed by atoms with Crippen LogP contribution in [0.3, 0.4) is 0 Å². The van der Waals surface area contributed by atoms with Crippen molar-refractivity contribution in [1.82, 2.24) is 14.5 Å². The molecule has 0 spiro atoms. The van der Waals surface area contributed by atoms with Crippen LogP contribution in [0.4, 0.5) is 0 Å². The lowest BCUT2D eigenvalue weighted by Crippen LogP contribution is -2.47. The first-order valence-corrected chi connectivity index (χ1v) is 9.91. The summed E-state index contributed by atoms with van der Waals surface area (Å²) in [6, 6.07) is 0. The van der Waals surface area contributed by atoms with E-state index in [-0.39, 0.29) is 12.5 Å². The van der Waals surface area contributed by atoms with Gasteiger partial charge in [-0.2, -0.15) is 0 Å². The van der Waals surface area contributed by atoms with Crippen LogP contribution in [0.1, 0.15) is 46.1 Å². The van der Waals surface area contributed by atoms with Gasteiger partial charge in [-0.3, -0.25) is 18.7 Å². The Labute approximate surface area is 159 Å². The van der Waals surface area contributed by atoms with Crippen LogP contribution in [-0.2, 0) is 17.9 Å². The Balaban J connectivity index is 2.64. The summed E-state index contributed by atoms with van der Waals surface area (Å²) in [6.07, 6.45) is 1.76. The number of unbranched alkanes of at least 4 members (excludes halogenated alkanes) is 1. The Morgan fingerprint density at radius 1 is 1.24 bits per heavy atom. The summed E-state index contributed by atoms with van der Waals surface area (Å²) in [7, 11) is 0. The number of aromatic nitrogens is 2. The predicted molar refractivity (Wildman–Crippen MR) is 106 cm³/mol. The SMILES string of the molecule is CCCCn1c(=O)n(CC(=O)NC(C)(C)C)c(=O)c2c(C)c(Br)sc21. The number of carbonyl (C=O) groups is 1. The maximum absolute atomic E-state index is 12.9. The average molecular weight is 430 g/mol. The molecular formula is C17H24BrN3O3S. The molecule has 1 amide bonds. The molecule has 2 aromatic heterocycles. The Morgan fingerprint density at radius 3 is 2.44 bits per heavy atom. The normalized spacial score (nSPS) is 11.9. The lowest BCUT2D eigenvalue weighted by atomic mass is 10.1. The molecule has 0 aliphatic heterocycles. The van der Waals surface area contributed by atoms with Gasteiger partial charge in [0.1, 0.15) is 11.4 Å². The van der Waals surface area contributed by atoms with Crippen LogP contribution in [-0.4, -0.2) is 20.6 Å². The third-order valence-corrected chi connectivity index (χ3v) is 5.97. The van der Waals surface area contributed by atoms with Crippen LogP contribution in [0.5, 0.6) is 0 Å². The summed E-state index contributed by atoms with van der Waals surface area (Å²) in [5.41, 5.74) is -0.451. The number of halogens is 1. The molecule has 0 unspecified atom stereocenters. The Hall–Kier alpha value is -1.41. The summed E-state index contributed by atoms with van der Waals surface area (Å²) < 4.78 is 3.50. The average Bonchev–Trinajstić information content (AvgIpc) is 2.77. The number of nitrogens with one attached hydrogen (secondary N) is 1. The molecule has 0 bridgehead atoms. The summed E-state index contributed by atoms with van der Waals surface area (Å²) >= 11 is 4.85. The number of fused-ring (bicyclic) bond motifs is 1. The van der Waals surface area contributed by atoms with E-state index in [1.54, 1.807) is 4.57 Å². The fourth-order valence-corrected chi connectivity index (χ4v) is 4.33. The maximum Gasteiger partial charge on any atom is 0.332 e. The molecule has 2 aromatic rings. The van der Waals surface area contributed by atoms with Gasteiger partial charge in [0.05, 0.1) is 9.17 Å². The van der Waals surface area contributed by atoms with Gasteiger partial charge in [0.25, 0.3) is 5.56 Å². The summed E-state index contributed by atoms with van der Waals surface area (Å²) in [5.74, 6) is -0.347. The highest BCUT2D eigenvalue weighted by Gasteiger charge is 2.21. The Bertz CT molecular complexity index is 918. The third kappa shape index (κ3) is 4.23. The van der Waals surface area contributed by atoms with Crippen LogP contribution in [0.25, 0.3) is 10.2 Å². The molecule has 1 N–H and O–H groups in total. The standard InChI is InChI=1S/C17H24BrN3O3S/c1-6-7-8-20-15-12(10(2)13(18)25-15)14(23)21(16(20)24)9-11(22)19-17(3,4)5/h6-9H2,1-5H3,(H,19,22). The molecule has 0 saturated heterocycles. The number of hydrogen-bond donors (Lipinski definition) is 1. The van der Waals surface area contributed by atoms with Crippen molar-refractivity contribution < 1.29 is 4.79 Å². The van der Waals surface area contributed by atoms with E-state index < -0.39 is 16.8 Å². The van der Waals surface area contributed by atoms with Crippen molar-refractivity contribution in [2.45, 2.75) is 66.1 Å². The van der Waals surface area contributed by atoms with Crippen LogP contribution >= 0.6 is 27.3 Å². The number of carbonyl (C=O) groups excluding carboxylic acids is 1. The molecule has 138 valence electrons. The minimum absolute atomic E-state index is 0.274. The molecular weight excluding hydrogens is 406 g/mol. The van der Waals surface area contributed by atoms with Gasteiger partial charge >= 0.3 is 5.69 Å². The van der Waals surface area contributed by atoms with Crippen molar-refractivity contribution in [2.24, 2.45) is 0 Å². The largest absolute Gasteiger partial charge is 0.350 e. The van der Waals surface area contributed by atoms with Crippen molar-refractivity contribution in [3.63, 3.8) is 0 Å². The van der Waals surface area contributed by atoms with Gasteiger partial charge in [0.2, 0.25) is 5.91 Å². The molecule has 0 aliphatic rings. The van der Waals surface area contributed by atoms with Crippen LogP contribution < -0.4 is 16.6 Å². The molecule has 2 heterocycles. The van der Waals surface area contributed by atoms with Crippen LogP contribution in [0.15, 0.2) is 13.4 Å². The molecule has 2 rings (SSSR count). The highest BCUT2D eigenvalue weighted by molar-refractivity contribution is 9.11. The molecule has 25 heavy (non-hydrogen) atoms. The van der Waals surface area contributed by atoms with Crippen molar-refractivity contribution in [3.05, 3.63) is 30.2 Å². The number of hydrogen-bond acceptors (Lipinski definition) is 4. The van der Waals surface area contributed by atoms with E-state index in [1.807, 2.05) is 34.6 Å². The summed E-state index contributed by atoms with van der Waals surface area (Å²) in [4.78, 5) is 38.7.